The molecular formula is C30H30O7. The summed E-state index contributed by atoms with van der Waals surface area (Å²) in [6.45, 7) is 2.04. The van der Waals surface area contributed by atoms with Crippen molar-refractivity contribution in [2.45, 2.75) is 63.9 Å². The summed E-state index contributed by atoms with van der Waals surface area (Å²) in [5.74, 6) is -0.640. The average molecular weight is 503 g/mol. The smallest absolute Gasteiger partial charge is 0.342 e. The van der Waals surface area contributed by atoms with Gasteiger partial charge in [0.25, 0.3) is 0 Å². The Morgan fingerprint density at radius 2 is 1.81 bits per heavy atom. The number of hydrogen-bond donors (Lipinski definition) is 1. The molecule has 2 atom stereocenters. The Kier molecular flexibility index (Phi) is 7.12. The van der Waals surface area contributed by atoms with Crippen molar-refractivity contribution in [2.75, 3.05) is 6.61 Å². The molecule has 0 spiro atoms. The Labute approximate surface area is 215 Å². The minimum absolute atomic E-state index is 0.0199. The minimum atomic E-state index is -0.647. The summed E-state index contributed by atoms with van der Waals surface area (Å²) in [5.41, 5.74) is 2.55. The molecule has 0 radical (unpaired) electrons. The largest absolute Gasteiger partial charge is 0.507 e. The third-order valence-corrected chi connectivity index (χ3v) is 7.08. The first kappa shape index (κ1) is 24.8. The van der Waals surface area contributed by atoms with Gasteiger partial charge in [0.2, 0.25) is 0 Å². The highest BCUT2D eigenvalue weighted by Crippen LogP contribution is 2.48. The highest BCUT2D eigenvalue weighted by Gasteiger charge is 2.37. The predicted molar refractivity (Wildman–Crippen MR) is 138 cm³/mol. The van der Waals surface area contributed by atoms with E-state index >= 15 is 0 Å². The van der Waals surface area contributed by atoms with E-state index in [0.717, 1.165) is 16.9 Å². The lowest BCUT2D eigenvalue weighted by atomic mass is 9.82. The molecule has 0 bridgehead atoms. The predicted octanol–water partition coefficient (Wildman–Crippen LogP) is 5.74. The van der Waals surface area contributed by atoms with E-state index in [1.807, 2.05) is 36.4 Å². The summed E-state index contributed by atoms with van der Waals surface area (Å²) in [6, 6.07) is 9.23. The van der Waals surface area contributed by atoms with Crippen LogP contribution in [0, 0.1) is 0 Å². The number of fused-ring (bicyclic) bond motifs is 3. The second-order valence-corrected chi connectivity index (χ2v) is 9.82. The van der Waals surface area contributed by atoms with Gasteiger partial charge in [-0.2, -0.15) is 0 Å². The molecule has 192 valence electrons. The number of allylic oxidation sites excluding steroid dienone is 1. The number of esters is 2. The molecule has 0 aromatic heterocycles. The maximum Gasteiger partial charge on any atom is 0.342 e. The van der Waals surface area contributed by atoms with Gasteiger partial charge in [0.1, 0.15) is 35.2 Å². The van der Waals surface area contributed by atoms with Crippen molar-refractivity contribution in [3.8, 4) is 17.2 Å². The molecule has 3 aliphatic rings. The van der Waals surface area contributed by atoms with Crippen molar-refractivity contribution in [3.05, 3.63) is 64.2 Å². The SMILES string of the molecule is C[C@@H]1CCCC(=O)CCC/C=C/c2cc3c(c(O)c2C(=O)O1)[C@H](C1=Cc2ccccc2OC1)CC(=O)O3. The molecule has 0 unspecified atom stereocenters. The van der Waals surface area contributed by atoms with Crippen LogP contribution in [0.25, 0.3) is 12.2 Å². The Morgan fingerprint density at radius 3 is 2.68 bits per heavy atom. The molecule has 3 aliphatic heterocycles. The lowest BCUT2D eigenvalue weighted by Gasteiger charge is -2.30. The number of ketones is 1. The van der Waals surface area contributed by atoms with Crippen LogP contribution < -0.4 is 9.47 Å². The Hall–Kier alpha value is -3.87. The normalized spacial score (nSPS) is 23.2. The van der Waals surface area contributed by atoms with Gasteiger partial charge in [-0.15, -0.1) is 0 Å². The summed E-state index contributed by atoms with van der Waals surface area (Å²) < 4.78 is 17.2. The Morgan fingerprint density at radius 1 is 1.00 bits per heavy atom. The fourth-order valence-electron chi connectivity index (χ4n) is 5.17. The fourth-order valence-corrected chi connectivity index (χ4v) is 5.17. The van der Waals surface area contributed by atoms with E-state index in [1.54, 1.807) is 19.1 Å². The van der Waals surface area contributed by atoms with Crippen molar-refractivity contribution in [1.82, 2.24) is 0 Å². The standard InChI is InChI=1S/C30H30O7/c1-18-8-7-12-22(31)11-4-2-3-10-20-15-25-28(29(33)27(20)30(34)36-18)23(16-26(32)37-25)21-14-19-9-5-6-13-24(19)35-17-21/h3,5-6,9-10,13-15,18,23,33H,2,4,7-8,11-12,16-17H2,1H3/b10-3+/t18-,23+/m1/s1. The van der Waals surface area contributed by atoms with E-state index in [2.05, 4.69) is 0 Å². The maximum atomic E-state index is 13.3. The number of phenolic OH excluding ortho intramolecular Hbond substituents is 1. The molecular weight excluding hydrogens is 472 g/mol. The number of rotatable bonds is 1. The first-order chi connectivity index (χ1) is 17.9. The van der Waals surface area contributed by atoms with Gasteiger partial charge in [-0.25, -0.2) is 4.79 Å². The average Bonchev–Trinajstić information content (AvgIpc) is 2.87. The summed E-state index contributed by atoms with van der Waals surface area (Å²) >= 11 is 0. The third kappa shape index (κ3) is 5.31. The van der Waals surface area contributed by atoms with Crippen molar-refractivity contribution in [2.24, 2.45) is 0 Å². The van der Waals surface area contributed by atoms with E-state index in [9.17, 15) is 19.5 Å². The molecule has 0 fully saturated rings. The second-order valence-electron chi connectivity index (χ2n) is 9.82. The van der Waals surface area contributed by atoms with Gasteiger partial charge in [-0.05, 0) is 62.0 Å². The molecule has 7 nitrogen and oxygen atoms in total. The number of cyclic esters (lactones) is 1. The first-order valence-electron chi connectivity index (χ1n) is 12.8. The molecule has 2 aromatic rings. The molecule has 7 heteroatoms. The molecule has 2 aromatic carbocycles. The molecule has 0 saturated heterocycles. The van der Waals surface area contributed by atoms with Gasteiger partial charge in [0, 0.05) is 29.9 Å². The number of carbonyl (C=O) groups is 3. The molecule has 0 aliphatic carbocycles. The Balaban J connectivity index is 1.58. The number of carbonyl (C=O) groups excluding carboxylic acids is 3. The zero-order valence-corrected chi connectivity index (χ0v) is 20.8. The zero-order valence-electron chi connectivity index (χ0n) is 20.8. The number of para-hydroxylation sites is 1. The van der Waals surface area contributed by atoms with Crippen LogP contribution in [-0.2, 0) is 14.3 Å². The monoisotopic (exact) mass is 502 g/mol. The van der Waals surface area contributed by atoms with E-state index in [-0.39, 0.29) is 35.9 Å². The molecule has 3 heterocycles. The number of aromatic hydroxyl groups is 1. The van der Waals surface area contributed by atoms with Gasteiger partial charge < -0.3 is 19.3 Å². The number of benzene rings is 2. The van der Waals surface area contributed by atoms with Crippen LogP contribution in [0.1, 0.15) is 84.8 Å². The van der Waals surface area contributed by atoms with Crippen molar-refractivity contribution in [3.63, 3.8) is 0 Å². The molecule has 5 rings (SSSR count). The van der Waals surface area contributed by atoms with Crippen LogP contribution in [0.4, 0.5) is 0 Å². The highest BCUT2D eigenvalue weighted by atomic mass is 16.5. The molecule has 37 heavy (non-hydrogen) atoms. The van der Waals surface area contributed by atoms with Crippen LogP contribution in [-0.4, -0.2) is 35.5 Å². The van der Waals surface area contributed by atoms with Crippen molar-refractivity contribution in [1.29, 1.82) is 0 Å². The zero-order chi connectivity index (χ0) is 25.9. The number of phenols is 1. The molecule has 1 N–H and O–H groups in total. The third-order valence-electron chi connectivity index (χ3n) is 7.08. The summed E-state index contributed by atoms with van der Waals surface area (Å²) in [7, 11) is 0. The van der Waals surface area contributed by atoms with E-state index in [1.165, 1.54) is 0 Å². The van der Waals surface area contributed by atoms with Crippen LogP contribution in [0.5, 0.6) is 17.2 Å². The van der Waals surface area contributed by atoms with Gasteiger partial charge >= 0.3 is 11.9 Å². The lowest BCUT2D eigenvalue weighted by Crippen LogP contribution is -2.26. The van der Waals surface area contributed by atoms with Gasteiger partial charge in [-0.3, -0.25) is 9.59 Å². The fraction of sp³-hybridized carbons (Fsp3) is 0.367. The van der Waals surface area contributed by atoms with E-state index in [4.69, 9.17) is 14.2 Å². The summed E-state index contributed by atoms with van der Waals surface area (Å²) in [5, 5.41) is 11.5. The van der Waals surface area contributed by atoms with Crippen molar-refractivity contribution >= 4 is 29.9 Å². The first-order valence-corrected chi connectivity index (χ1v) is 12.8. The van der Waals surface area contributed by atoms with Gasteiger partial charge in [0.05, 0.1) is 12.5 Å². The van der Waals surface area contributed by atoms with E-state index < -0.39 is 24.0 Å². The number of ether oxygens (including phenoxy) is 3. The van der Waals surface area contributed by atoms with Crippen LogP contribution in [0.15, 0.2) is 42.0 Å². The lowest BCUT2D eigenvalue weighted by molar-refractivity contribution is -0.135. The van der Waals surface area contributed by atoms with Gasteiger partial charge in [0.15, 0.2) is 0 Å². The summed E-state index contributed by atoms with van der Waals surface area (Å²) in [4.78, 5) is 38.0. The maximum absolute atomic E-state index is 13.3. The van der Waals surface area contributed by atoms with Crippen molar-refractivity contribution < 1.29 is 33.7 Å². The highest BCUT2D eigenvalue weighted by molar-refractivity contribution is 5.98. The molecule has 0 amide bonds. The Bertz CT molecular complexity index is 1300. The number of Topliss-reactive ketones (excluding diaryl/α,β-unsaturated/α-hetero) is 1. The quantitative estimate of drug-likeness (QED) is 0.392. The van der Waals surface area contributed by atoms with E-state index in [0.29, 0.717) is 49.7 Å². The number of hydrogen-bond acceptors (Lipinski definition) is 7. The van der Waals surface area contributed by atoms with Crippen LogP contribution >= 0.6 is 0 Å². The van der Waals surface area contributed by atoms with Crippen LogP contribution in [0.2, 0.25) is 0 Å². The van der Waals surface area contributed by atoms with Crippen LogP contribution in [0.3, 0.4) is 0 Å². The second kappa shape index (κ2) is 10.6. The minimum Gasteiger partial charge on any atom is -0.507 e. The summed E-state index contributed by atoms with van der Waals surface area (Å²) in [6.07, 6.45) is 8.65. The molecule has 0 saturated carbocycles. The topological polar surface area (TPSA) is 99.1 Å². The van der Waals surface area contributed by atoms with Gasteiger partial charge in [-0.1, -0.05) is 30.4 Å².